The van der Waals surface area contributed by atoms with Crippen LogP contribution < -0.4 is 0 Å². The standard InChI is InChI=1S/C18H36O/c1-4-7-10-11-14-17(12-8-5-2)15-18(16-19)13-9-6-3/h16-17,19H,4-15H2,1-3H3. The van der Waals surface area contributed by atoms with Gasteiger partial charge in [0.1, 0.15) is 0 Å². The molecule has 0 aliphatic heterocycles. The van der Waals surface area contributed by atoms with Crippen molar-refractivity contribution in [3.63, 3.8) is 0 Å². The zero-order valence-corrected chi connectivity index (χ0v) is 13.6. The van der Waals surface area contributed by atoms with Crippen molar-refractivity contribution < 1.29 is 5.11 Å². The molecule has 19 heavy (non-hydrogen) atoms. The Bertz CT molecular complexity index is 208. The summed E-state index contributed by atoms with van der Waals surface area (Å²) in [5.41, 5.74) is 1.28. The predicted octanol–water partition coefficient (Wildman–Crippen LogP) is 6.79. The summed E-state index contributed by atoms with van der Waals surface area (Å²) in [4.78, 5) is 0. The molecule has 0 fully saturated rings. The highest BCUT2D eigenvalue weighted by atomic mass is 16.2. The Balaban J connectivity index is 4.07. The Kier molecular flexibility index (Phi) is 13.6. The summed E-state index contributed by atoms with van der Waals surface area (Å²) in [6, 6.07) is 0. The second kappa shape index (κ2) is 14.0. The van der Waals surface area contributed by atoms with E-state index in [1.54, 1.807) is 0 Å². The maximum atomic E-state index is 9.37. The van der Waals surface area contributed by atoms with Crippen LogP contribution in [0.1, 0.15) is 97.8 Å². The molecule has 0 saturated carbocycles. The minimum atomic E-state index is 0.798. The second-order valence-electron chi connectivity index (χ2n) is 5.95. The van der Waals surface area contributed by atoms with Gasteiger partial charge in [-0.25, -0.2) is 0 Å². The molecule has 0 aromatic rings. The van der Waals surface area contributed by atoms with Gasteiger partial charge in [-0.05, 0) is 30.8 Å². The van der Waals surface area contributed by atoms with E-state index in [1.807, 2.05) is 0 Å². The highest BCUT2D eigenvalue weighted by molar-refractivity contribution is 4.98. The summed E-state index contributed by atoms with van der Waals surface area (Å²) in [7, 11) is 0. The van der Waals surface area contributed by atoms with E-state index >= 15 is 0 Å². The third-order valence-electron chi connectivity index (χ3n) is 4.02. The predicted molar refractivity (Wildman–Crippen MR) is 86.6 cm³/mol. The highest BCUT2D eigenvalue weighted by Gasteiger charge is 2.11. The van der Waals surface area contributed by atoms with Crippen LogP contribution in [0.2, 0.25) is 0 Å². The van der Waals surface area contributed by atoms with Crippen molar-refractivity contribution in [2.24, 2.45) is 5.92 Å². The van der Waals surface area contributed by atoms with Gasteiger partial charge in [-0.15, -0.1) is 0 Å². The zero-order chi connectivity index (χ0) is 14.3. The van der Waals surface area contributed by atoms with Gasteiger partial charge in [0, 0.05) is 0 Å². The van der Waals surface area contributed by atoms with E-state index in [-0.39, 0.29) is 0 Å². The van der Waals surface area contributed by atoms with Crippen molar-refractivity contribution in [2.75, 3.05) is 0 Å². The Morgan fingerprint density at radius 2 is 1.47 bits per heavy atom. The van der Waals surface area contributed by atoms with Gasteiger partial charge < -0.3 is 5.11 Å². The largest absolute Gasteiger partial charge is 0.516 e. The fourth-order valence-corrected chi connectivity index (χ4v) is 2.69. The van der Waals surface area contributed by atoms with Crippen LogP contribution in [-0.2, 0) is 0 Å². The van der Waals surface area contributed by atoms with Crippen molar-refractivity contribution in [1.82, 2.24) is 0 Å². The fourth-order valence-electron chi connectivity index (χ4n) is 2.69. The summed E-state index contributed by atoms with van der Waals surface area (Å²) in [5, 5.41) is 9.37. The topological polar surface area (TPSA) is 20.2 Å². The monoisotopic (exact) mass is 268 g/mol. The maximum Gasteiger partial charge on any atom is 0.0783 e. The van der Waals surface area contributed by atoms with E-state index in [2.05, 4.69) is 20.8 Å². The summed E-state index contributed by atoms with van der Waals surface area (Å²) in [6.07, 6.45) is 16.8. The van der Waals surface area contributed by atoms with E-state index < -0.39 is 0 Å². The molecule has 0 amide bonds. The normalized spacial score (nSPS) is 13.7. The first-order chi connectivity index (χ1) is 9.28. The lowest BCUT2D eigenvalue weighted by atomic mass is 9.88. The maximum absolute atomic E-state index is 9.37. The summed E-state index contributed by atoms with van der Waals surface area (Å²) >= 11 is 0. The molecular weight excluding hydrogens is 232 g/mol. The minimum Gasteiger partial charge on any atom is -0.516 e. The molecule has 1 atom stereocenters. The van der Waals surface area contributed by atoms with Gasteiger partial charge in [-0.2, -0.15) is 0 Å². The fraction of sp³-hybridized carbons (Fsp3) is 0.889. The molecule has 0 aromatic heterocycles. The Hall–Kier alpha value is -0.460. The number of aliphatic hydroxyl groups is 1. The Labute approximate surface area is 121 Å². The van der Waals surface area contributed by atoms with E-state index in [1.165, 1.54) is 76.0 Å². The van der Waals surface area contributed by atoms with Crippen LogP contribution in [0.5, 0.6) is 0 Å². The average Bonchev–Trinajstić information content (AvgIpc) is 2.44. The molecule has 1 unspecified atom stereocenters. The van der Waals surface area contributed by atoms with Crippen molar-refractivity contribution in [2.45, 2.75) is 97.8 Å². The van der Waals surface area contributed by atoms with Crippen LogP contribution in [0.25, 0.3) is 0 Å². The van der Waals surface area contributed by atoms with Crippen molar-refractivity contribution in [1.29, 1.82) is 0 Å². The molecule has 1 N–H and O–H groups in total. The summed E-state index contributed by atoms with van der Waals surface area (Å²) in [6.45, 7) is 6.76. The average molecular weight is 268 g/mol. The first-order valence-corrected chi connectivity index (χ1v) is 8.60. The van der Waals surface area contributed by atoms with Gasteiger partial charge in [-0.3, -0.25) is 0 Å². The number of rotatable bonds is 13. The van der Waals surface area contributed by atoms with Crippen molar-refractivity contribution in [3.8, 4) is 0 Å². The minimum absolute atomic E-state index is 0.798. The van der Waals surface area contributed by atoms with Crippen LogP contribution in [0.15, 0.2) is 11.8 Å². The number of aliphatic hydroxyl groups excluding tert-OH is 1. The number of hydrogen-bond acceptors (Lipinski definition) is 1. The molecular formula is C18H36O. The second-order valence-corrected chi connectivity index (χ2v) is 5.95. The lowest BCUT2D eigenvalue weighted by molar-refractivity contribution is 0.392. The molecule has 0 aliphatic rings. The molecule has 0 saturated heterocycles. The highest BCUT2D eigenvalue weighted by Crippen LogP contribution is 2.26. The van der Waals surface area contributed by atoms with Crippen LogP contribution in [-0.4, -0.2) is 5.11 Å². The SMILES string of the molecule is CCCCCCC(CCCC)CC(=CO)CCCC. The molecule has 0 bridgehead atoms. The van der Waals surface area contributed by atoms with Crippen molar-refractivity contribution >= 4 is 0 Å². The Morgan fingerprint density at radius 3 is 2.05 bits per heavy atom. The van der Waals surface area contributed by atoms with E-state index in [0.717, 1.165) is 18.8 Å². The lowest BCUT2D eigenvalue weighted by Crippen LogP contribution is -2.03. The Morgan fingerprint density at radius 1 is 0.842 bits per heavy atom. The lowest BCUT2D eigenvalue weighted by Gasteiger charge is -2.18. The number of hydrogen-bond donors (Lipinski definition) is 1. The third kappa shape index (κ3) is 11.1. The molecule has 0 aromatic carbocycles. The van der Waals surface area contributed by atoms with Gasteiger partial charge >= 0.3 is 0 Å². The molecule has 1 heteroatoms. The molecule has 0 spiro atoms. The third-order valence-corrected chi connectivity index (χ3v) is 4.02. The molecule has 0 heterocycles. The van der Waals surface area contributed by atoms with E-state index in [0.29, 0.717) is 0 Å². The van der Waals surface area contributed by atoms with E-state index in [9.17, 15) is 5.11 Å². The summed E-state index contributed by atoms with van der Waals surface area (Å²) < 4.78 is 0. The first-order valence-electron chi connectivity index (χ1n) is 8.60. The molecule has 0 radical (unpaired) electrons. The quantitative estimate of drug-likeness (QED) is 0.288. The number of unbranched alkanes of at least 4 members (excludes halogenated alkanes) is 5. The summed E-state index contributed by atoms with van der Waals surface area (Å²) in [5.74, 6) is 0.798. The van der Waals surface area contributed by atoms with Crippen molar-refractivity contribution in [3.05, 3.63) is 11.8 Å². The smallest absolute Gasteiger partial charge is 0.0783 e. The molecule has 0 rings (SSSR count). The van der Waals surface area contributed by atoms with Crippen LogP contribution >= 0.6 is 0 Å². The number of allylic oxidation sites excluding steroid dienone is 1. The first kappa shape index (κ1) is 18.5. The zero-order valence-electron chi connectivity index (χ0n) is 13.6. The van der Waals surface area contributed by atoms with Gasteiger partial charge in [0.2, 0.25) is 0 Å². The van der Waals surface area contributed by atoms with Crippen LogP contribution in [0, 0.1) is 5.92 Å². The molecule has 0 aliphatic carbocycles. The van der Waals surface area contributed by atoms with Crippen LogP contribution in [0.3, 0.4) is 0 Å². The van der Waals surface area contributed by atoms with E-state index in [4.69, 9.17) is 0 Å². The van der Waals surface area contributed by atoms with Gasteiger partial charge in [0.15, 0.2) is 0 Å². The van der Waals surface area contributed by atoms with Crippen LogP contribution in [0.4, 0.5) is 0 Å². The van der Waals surface area contributed by atoms with Gasteiger partial charge in [-0.1, -0.05) is 78.6 Å². The molecule has 1 nitrogen and oxygen atoms in total. The van der Waals surface area contributed by atoms with Gasteiger partial charge in [0.25, 0.3) is 0 Å². The molecule has 114 valence electrons. The van der Waals surface area contributed by atoms with Gasteiger partial charge in [0.05, 0.1) is 6.26 Å².